The topological polar surface area (TPSA) is 65.2 Å². The van der Waals surface area contributed by atoms with Crippen molar-refractivity contribution in [3.8, 4) is 0 Å². The normalized spacial score (nSPS) is 11.8. The fourth-order valence-corrected chi connectivity index (χ4v) is 1.82. The third kappa shape index (κ3) is 4.48. The van der Waals surface area contributed by atoms with E-state index < -0.39 is 6.04 Å². The van der Waals surface area contributed by atoms with Gasteiger partial charge in [0.15, 0.2) is 0 Å². The number of esters is 1. The summed E-state index contributed by atoms with van der Waals surface area (Å²) in [5.41, 5.74) is 7.86. The Bertz CT molecular complexity index is 529. The van der Waals surface area contributed by atoms with Gasteiger partial charge in [-0.15, -0.1) is 0 Å². The summed E-state index contributed by atoms with van der Waals surface area (Å²) in [5.74, 6) is -0.363. The summed E-state index contributed by atoms with van der Waals surface area (Å²) < 4.78 is 5.20. The van der Waals surface area contributed by atoms with Crippen molar-refractivity contribution >= 4 is 5.97 Å². The first kappa shape index (κ1) is 14.2. The SMILES string of the molecule is NC(CCc1cccnc1)C(=O)OCc1ccccc1. The van der Waals surface area contributed by atoms with Gasteiger partial charge >= 0.3 is 5.97 Å². The minimum absolute atomic E-state index is 0.264. The molecular weight excluding hydrogens is 252 g/mol. The van der Waals surface area contributed by atoms with Gasteiger partial charge in [0.25, 0.3) is 0 Å². The van der Waals surface area contributed by atoms with Crippen LogP contribution in [0.1, 0.15) is 17.5 Å². The maximum absolute atomic E-state index is 11.8. The molecule has 0 aliphatic rings. The number of rotatable bonds is 6. The summed E-state index contributed by atoms with van der Waals surface area (Å²) in [6.45, 7) is 0.264. The number of carbonyl (C=O) groups is 1. The van der Waals surface area contributed by atoms with Crippen LogP contribution in [-0.4, -0.2) is 17.0 Å². The molecule has 0 fully saturated rings. The van der Waals surface area contributed by atoms with E-state index in [9.17, 15) is 4.79 Å². The minimum Gasteiger partial charge on any atom is -0.460 e. The molecule has 4 heteroatoms. The second kappa shape index (κ2) is 7.40. The van der Waals surface area contributed by atoms with E-state index in [0.717, 1.165) is 17.5 Å². The predicted molar refractivity (Wildman–Crippen MR) is 76.8 cm³/mol. The van der Waals surface area contributed by atoms with E-state index in [4.69, 9.17) is 10.5 Å². The first-order chi connectivity index (χ1) is 9.75. The Morgan fingerprint density at radius 2 is 1.90 bits per heavy atom. The molecule has 2 aromatic rings. The number of hydrogen-bond acceptors (Lipinski definition) is 4. The number of nitrogens with two attached hydrogens (primary N) is 1. The van der Waals surface area contributed by atoms with Gasteiger partial charge in [0.05, 0.1) is 0 Å². The van der Waals surface area contributed by atoms with E-state index in [1.165, 1.54) is 0 Å². The smallest absolute Gasteiger partial charge is 0.323 e. The van der Waals surface area contributed by atoms with Gasteiger partial charge in [0.1, 0.15) is 12.6 Å². The molecule has 1 aromatic heterocycles. The molecule has 0 aliphatic carbocycles. The van der Waals surface area contributed by atoms with Crippen molar-refractivity contribution in [2.45, 2.75) is 25.5 Å². The van der Waals surface area contributed by atoms with Crippen LogP contribution in [0, 0.1) is 0 Å². The van der Waals surface area contributed by atoms with Crippen molar-refractivity contribution < 1.29 is 9.53 Å². The van der Waals surface area contributed by atoms with E-state index >= 15 is 0 Å². The number of aryl methyl sites for hydroxylation is 1. The fourth-order valence-electron chi connectivity index (χ4n) is 1.82. The first-order valence-corrected chi connectivity index (χ1v) is 6.61. The number of hydrogen-bond donors (Lipinski definition) is 1. The highest BCUT2D eigenvalue weighted by atomic mass is 16.5. The van der Waals surface area contributed by atoms with Gasteiger partial charge in [0.2, 0.25) is 0 Å². The van der Waals surface area contributed by atoms with Gasteiger partial charge < -0.3 is 10.5 Å². The Morgan fingerprint density at radius 3 is 2.60 bits per heavy atom. The number of benzene rings is 1. The van der Waals surface area contributed by atoms with Crippen molar-refractivity contribution in [3.63, 3.8) is 0 Å². The lowest BCUT2D eigenvalue weighted by Crippen LogP contribution is -2.32. The molecule has 2 N–H and O–H groups in total. The molecule has 4 nitrogen and oxygen atoms in total. The summed E-state index contributed by atoms with van der Waals surface area (Å²) in [6.07, 6.45) is 4.77. The first-order valence-electron chi connectivity index (χ1n) is 6.61. The Labute approximate surface area is 118 Å². The maximum atomic E-state index is 11.8. The Morgan fingerprint density at radius 1 is 1.15 bits per heavy atom. The lowest BCUT2D eigenvalue weighted by molar-refractivity contribution is -0.146. The Kier molecular flexibility index (Phi) is 5.26. The number of carbonyl (C=O) groups excluding carboxylic acids is 1. The van der Waals surface area contributed by atoms with E-state index in [1.54, 1.807) is 12.4 Å². The van der Waals surface area contributed by atoms with Crippen LogP contribution in [0.2, 0.25) is 0 Å². The number of ether oxygens (including phenoxy) is 1. The molecule has 0 amide bonds. The van der Waals surface area contributed by atoms with Crippen molar-refractivity contribution in [1.29, 1.82) is 0 Å². The molecule has 0 saturated heterocycles. The second-order valence-electron chi connectivity index (χ2n) is 4.60. The van der Waals surface area contributed by atoms with Crippen molar-refractivity contribution in [3.05, 3.63) is 66.0 Å². The van der Waals surface area contributed by atoms with Gasteiger partial charge in [-0.3, -0.25) is 9.78 Å². The molecule has 2 rings (SSSR count). The van der Waals surface area contributed by atoms with Crippen molar-refractivity contribution in [1.82, 2.24) is 4.98 Å². The number of pyridine rings is 1. The summed E-state index contributed by atoms with van der Waals surface area (Å²) in [6, 6.07) is 12.8. The average Bonchev–Trinajstić information content (AvgIpc) is 2.52. The van der Waals surface area contributed by atoms with Crippen LogP contribution in [0.25, 0.3) is 0 Å². The predicted octanol–water partition coefficient (Wildman–Crippen LogP) is 2.08. The molecule has 104 valence electrons. The quantitative estimate of drug-likeness (QED) is 0.816. The minimum atomic E-state index is -0.598. The third-order valence-electron chi connectivity index (χ3n) is 2.99. The summed E-state index contributed by atoms with van der Waals surface area (Å²) in [7, 11) is 0. The molecule has 0 spiro atoms. The van der Waals surface area contributed by atoms with E-state index in [-0.39, 0.29) is 12.6 Å². The van der Waals surface area contributed by atoms with Gasteiger partial charge in [-0.05, 0) is 30.0 Å². The fraction of sp³-hybridized carbons (Fsp3) is 0.250. The highest BCUT2D eigenvalue weighted by Gasteiger charge is 2.14. The highest BCUT2D eigenvalue weighted by Crippen LogP contribution is 2.06. The molecule has 1 heterocycles. The van der Waals surface area contributed by atoms with Crippen LogP contribution in [0.15, 0.2) is 54.9 Å². The molecule has 1 unspecified atom stereocenters. The van der Waals surface area contributed by atoms with E-state index in [2.05, 4.69) is 4.98 Å². The summed E-state index contributed by atoms with van der Waals surface area (Å²) in [5, 5.41) is 0. The van der Waals surface area contributed by atoms with Crippen molar-refractivity contribution in [2.75, 3.05) is 0 Å². The average molecular weight is 270 g/mol. The molecule has 0 aliphatic heterocycles. The van der Waals surface area contributed by atoms with Crippen molar-refractivity contribution in [2.24, 2.45) is 5.73 Å². The van der Waals surface area contributed by atoms with Crippen LogP contribution in [0.5, 0.6) is 0 Å². The van der Waals surface area contributed by atoms with E-state index in [1.807, 2.05) is 42.5 Å². The van der Waals surface area contributed by atoms with Crippen LogP contribution in [0.3, 0.4) is 0 Å². The Hall–Kier alpha value is -2.20. The van der Waals surface area contributed by atoms with Crippen LogP contribution in [0.4, 0.5) is 0 Å². The third-order valence-corrected chi connectivity index (χ3v) is 2.99. The molecule has 0 saturated carbocycles. The second-order valence-corrected chi connectivity index (χ2v) is 4.60. The number of nitrogens with zero attached hydrogens (tertiary/aromatic N) is 1. The summed E-state index contributed by atoms with van der Waals surface area (Å²) in [4.78, 5) is 15.8. The van der Waals surface area contributed by atoms with Crippen LogP contribution in [-0.2, 0) is 22.6 Å². The van der Waals surface area contributed by atoms with Gasteiger partial charge in [-0.1, -0.05) is 36.4 Å². The Balaban J connectivity index is 1.75. The molecular formula is C16H18N2O2. The van der Waals surface area contributed by atoms with Gasteiger partial charge in [-0.2, -0.15) is 0 Å². The van der Waals surface area contributed by atoms with Gasteiger partial charge in [0, 0.05) is 12.4 Å². The molecule has 20 heavy (non-hydrogen) atoms. The molecule has 1 aromatic carbocycles. The zero-order valence-corrected chi connectivity index (χ0v) is 11.2. The van der Waals surface area contributed by atoms with Crippen LogP contribution < -0.4 is 5.73 Å². The summed E-state index contributed by atoms with van der Waals surface area (Å²) >= 11 is 0. The monoisotopic (exact) mass is 270 g/mol. The standard InChI is InChI=1S/C16H18N2O2/c17-15(9-8-13-7-4-10-18-11-13)16(19)20-12-14-5-2-1-3-6-14/h1-7,10-11,15H,8-9,12,17H2. The van der Waals surface area contributed by atoms with Gasteiger partial charge in [-0.25, -0.2) is 0 Å². The number of aromatic nitrogens is 1. The maximum Gasteiger partial charge on any atom is 0.323 e. The largest absolute Gasteiger partial charge is 0.460 e. The lowest BCUT2D eigenvalue weighted by Gasteiger charge is -2.11. The van der Waals surface area contributed by atoms with E-state index in [0.29, 0.717) is 6.42 Å². The van der Waals surface area contributed by atoms with Crippen LogP contribution >= 0.6 is 0 Å². The zero-order chi connectivity index (χ0) is 14.2. The molecule has 0 radical (unpaired) electrons. The zero-order valence-electron chi connectivity index (χ0n) is 11.2. The molecule has 1 atom stereocenters. The molecule has 0 bridgehead atoms. The lowest BCUT2D eigenvalue weighted by atomic mass is 10.1. The highest BCUT2D eigenvalue weighted by molar-refractivity contribution is 5.75.